The van der Waals surface area contributed by atoms with Crippen LogP contribution in [0.4, 0.5) is 0 Å². The summed E-state index contributed by atoms with van der Waals surface area (Å²) < 4.78 is 32.7. The summed E-state index contributed by atoms with van der Waals surface area (Å²) in [6, 6.07) is 13.8. The first-order valence-electron chi connectivity index (χ1n) is 7.92. The Labute approximate surface area is 161 Å². The van der Waals surface area contributed by atoms with Gasteiger partial charge in [-0.1, -0.05) is 39.7 Å². The molecule has 0 bridgehead atoms. The summed E-state index contributed by atoms with van der Waals surface area (Å²) in [5.74, 6) is -0.312. The highest BCUT2D eigenvalue weighted by Crippen LogP contribution is 2.55. The molecule has 0 amide bonds. The average molecular weight is 445 g/mol. The van der Waals surface area contributed by atoms with Crippen molar-refractivity contribution in [2.75, 3.05) is 13.2 Å². The Morgan fingerprint density at radius 2 is 1.76 bits per heavy atom. The van der Waals surface area contributed by atoms with Crippen molar-refractivity contribution in [2.24, 2.45) is 5.73 Å². The summed E-state index contributed by atoms with van der Waals surface area (Å²) in [5, 5.41) is -0.235. The SMILES string of the molecule is CCOC[C@]1(N)[C@H](c2ccc(Br)cc2)[C@@H]1S(=O)(=O)c1ccc(Cl)cc1. The van der Waals surface area contributed by atoms with Crippen molar-refractivity contribution < 1.29 is 13.2 Å². The fraction of sp³-hybridized carbons (Fsp3) is 0.333. The zero-order valence-corrected chi connectivity index (χ0v) is 16.8. The maximum atomic E-state index is 13.1. The highest BCUT2D eigenvalue weighted by Gasteiger charge is 2.69. The fourth-order valence-electron chi connectivity index (χ4n) is 3.27. The number of hydrogen-bond donors (Lipinski definition) is 1. The predicted octanol–water partition coefficient (Wildman–Crippen LogP) is 3.78. The Kier molecular flexibility index (Phi) is 5.28. The van der Waals surface area contributed by atoms with Gasteiger partial charge < -0.3 is 10.5 Å². The van der Waals surface area contributed by atoms with Gasteiger partial charge in [-0.2, -0.15) is 0 Å². The van der Waals surface area contributed by atoms with E-state index in [0.29, 0.717) is 11.6 Å². The molecule has 2 N–H and O–H groups in total. The molecule has 0 heterocycles. The summed E-state index contributed by atoms with van der Waals surface area (Å²) in [5.41, 5.74) is 6.46. The van der Waals surface area contributed by atoms with Crippen LogP contribution >= 0.6 is 27.5 Å². The van der Waals surface area contributed by atoms with Crippen molar-refractivity contribution in [1.29, 1.82) is 0 Å². The Hall–Kier alpha value is -0.920. The zero-order valence-electron chi connectivity index (χ0n) is 13.7. The van der Waals surface area contributed by atoms with Crippen LogP contribution in [0.15, 0.2) is 57.9 Å². The number of benzene rings is 2. The summed E-state index contributed by atoms with van der Waals surface area (Å²) in [6.07, 6.45) is 0. The number of hydrogen-bond acceptors (Lipinski definition) is 4. The maximum absolute atomic E-state index is 13.1. The minimum atomic E-state index is -3.60. The first kappa shape index (κ1) is 18.9. The van der Waals surface area contributed by atoms with E-state index in [2.05, 4.69) is 15.9 Å². The van der Waals surface area contributed by atoms with E-state index in [4.69, 9.17) is 22.1 Å². The van der Waals surface area contributed by atoms with E-state index in [1.807, 2.05) is 31.2 Å². The molecule has 4 nitrogen and oxygen atoms in total. The largest absolute Gasteiger partial charge is 0.380 e. The lowest BCUT2D eigenvalue weighted by Gasteiger charge is -2.12. The van der Waals surface area contributed by atoms with E-state index in [1.165, 1.54) is 12.1 Å². The smallest absolute Gasteiger partial charge is 0.183 e. The van der Waals surface area contributed by atoms with Crippen LogP contribution in [-0.2, 0) is 14.6 Å². The van der Waals surface area contributed by atoms with E-state index in [0.717, 1.165) is 10.0 Å². The molecule has 0 spiro atoms. The van der Waals surface area contributed by atoms with Crippen LogP contribution in [0.1, 0.15) is 18.4 Å². The summed E-state index contributed by atoms with van der Waals surface area (Å²) in [4.78, 5) is 0.229. The normalized spacial score (nSPS) is 25.8. The van der Waals surface area contributed by atoms with Gasteiger partial charge in [-0.15, -0.1) is 0 Å². The van der Waals surface area contributed by atoms with Crippen LogP contribution < -0.4 is 5.73 Å². The molecule has 0 aromatic heterocycles. The Bertz CT molecular complexity index is 855. The summed E-state index contributed by atoms with van der Waals surface area (Å²) >= 11 is 9.27. The molecule has 0 radical (unpaired) electrons. The highest BCUT2D eigenvalue weighted by molar-refractivity contribution is 9.10. The third-order valence-corrected chi connectivity index (χ3v) is 7.65. The molecule has 1 fully saturated rings. The van der Waals surface area contributed by atoms with Gasteiger partial charge in [-0.3, -0.25) is 0 Å². The van der Waals surface area contributed by atoms with E-state index in [-0.39, 0.29) is 17.4 Å². The van der Waals surface area contributed by atoms with Crippen molar-refractivity contribution >= 4 is 37.4 Å². The molecule has 7 heteroatoms. The van der Waals surface area contributed by atoms with Crippen LogP contribution in [0.5, 0.6) is 0 Å². The first-order valence-corrected chi connectivity index (χ1v) is 10.6. The monoisotopic (exact) mass is 443 g/mol. The van der Waals surface area contributed by atoms with Gasteiger partial charge in [-0.25, -0.2) is 8.42 Å². The molecule has 1 aliphatic rings. The Morgan fingerprint density at radius 1 is 1.16 bits per heavy atom. The van der Waals surface area contributed by atoms with E-state index in [1.54, 1.807) is 12.1 Å². The zero-order chi connectivity index (χ0) is 18.2. The summed E-state index contributed by atoms with van der Waals surface area (Å²) in [6.45, 7) is 2.55. The number of sulfone groups is 1. The molecular formula is C18H19BrClNO3S. The number of rotatable bonds is 6. The van der Waals surface area contributed by atoms with Crippen LogP contribution in [-0.4, -0.2) is 32.4 Å². The van der Waals surface area contributed by atoms with E-state index in [9.17, 15) is 8.42 Å². The molecular weight excluding hydrogens is 426 g/mol. The molecule has 2 aromatic rings. The minimum absolute atomic E-state index is 0.196. The van der Waals surface area contributed by atoms with Crippen LogP contribution in [0.2, 0.25) is 5.02 Å². The molecule has 0 aliphatic heterocycles. The van der Waals surface area contributed by atoms with Crippen LogP contribution in [0.3, 0.4) is 0 Å². The lowest BCUT2D eigenvalue weighted by atomic mass is 10.1. The third-order valence-electron chi connectivity index (χ3n) is 4.56. The van der Waals surface area contributed by atoms with Gasteiger partial charge in [0.1, 0.15) is 0 Å². The predicted molar refractivity (Wildman–Crippen MR) is 103 cm³/mol. The lowest BCUT2D eigenvalue weighted by Crippen LogP contribution is -2.36. The van der Waals surface area contributed by atoms with Gasteiger partial charge >= 0.3 is 0 Å². The average Bonchev–Trinajstić information content (AvgIpc) is 3.21. The molecule has 2 aromatic carbocycles. The van der Waals surface area contributed by atoms with E-state index >= 15 is 0 Å². The van der Waals surface area contributed by atoms with Gasteiger partial charge in [0.25, 0.3) is 0 Å². The van der Waals surface area contributed by atoms with Crippen molar-refractivity contribution in [2.45, 2.75) is 28.5 Å². The molecule has 25 heavy (non-hydrogen) atoms. The number of halogens is 2. The fourth-order valence-corrected chi connectivity index (χ4v) is 5.95. The third kappa shape index (κ3) is 3.51. The minimum Gasteiger partial charge on any atom is -0.380 e. The molecule has 3 rings (SSSR count). The highest BCUT2D eigenvalue weighted by atomic mass is 79.9. The molecule has 3 atom stereocenters. The van der Waals surface area contributed by atoms with Crippen LogP contribution in [0.25, 0.3) is 0 Å². The molecule has 1 aliphatic carbocycles. The Morgan fingerprint density at radius 3 is 2.32 bits per heavy atom. The molecule has 0 unspecified atom stereocenters. The quantitative estimate of drug-likeness (QED) is 0.736. The topological polar surface area (TPSA) is 69.4 Å². The van der Waals surface area contributed by atoms with Crippen molar-refractivity contribution in [3.8, 4) is 0 Å². The second kappa shape index (κ2) is 7.00. The molecule has 1 saturated carbocycles. The van der Waals surface area contributed by atoms with Gasteiger partial charge in [-0.05, 0) is 48.9 Å². The van der Waals surface area contributed by atoms with Gasteiger partial charge in [0.2, 0.25) is 0 Å². The number of nitrogens with two attached hydrogens (primary N) is 1. The second-order valence-electron chi connectivity index (χ2n) is 6.20. The lowest BCUT2D eigenvalue weighted by molar-refractivity contribution is 0.125. The van der Waals surface area contributed by atoms with Crippen molar-refractivity contribution in [1.82, 2.24) is 0 Å². The Balaban J connectivity index is 1.99. The number of ether oxygens (including phenoxy) is 1. The van der Waals surface area contributed by atoms with E-state index < -0.39 is 20.6 Å². The second-order valence-corrected chi connectivity index (χ2v) is 9.62. The standard InChI is InChI=1S/C18H19BrClNO3S/c1-2-24-11-18(21)16(12-3-5-13(19)6-4-12)17(18)25(22,23)15-9-7-14(20)8-10-15/h3-10,16-17H,2,11,21H2,1H3/t16-,17+,18+/m1/s1. The van der Waals surface area contributed by atoms with Crippen LogP contribution in [0, 0.1) is 0 Å². The van der Waals surface area contributed by atoms with Gasteiger partial charge in [0, 0.05) is 22.0 Å². The van der Waals surface area contributed by atoms with Crippen molar-refractivity contribution in [3.63, 3.8) is 0 Å². The molecule has 134 valence electrons. The summed E-state index contributed by atoms with van der Waals surface area (Å²) in [7, 11) is -3.60. The first-order chi connectivity index (χ1) is 11.8. The molecule has 0 saturated heterocycles. The van der Waals surface area contributed by atoms with Gasteiger partial charge in [0.05, 0.1) is 22.3 Å². The van der Waals surface area contributed by atoms with Gasteiger partial charge in [0.15, 0.2) is 9.84 Å². The maximum Gasteiger partial charge on any atom is 0.183 e. The van der Waals surface area contributed by atoms with Crippen molar-refractivity contribution in [3.05, 3.63) is 63.6 Å².